The quantitative estimate of drug-likeness (QED) is 0.411. The number of hydrogen-bond acceptors (Lipinski definition) is 2. The van der Waals surface area contributed by atoms with Crippen molar-refractivity contribution in [2.24, 2.45) is 0 Å². The molecule has 4 aromatic carbocycles. The molecule has 0 aliphatic carbocycles. The predicted octanol–water partition coefficient (Wildman–Crippen LogP) is 5.89. The Balaban J connectivity index is 1.67. The lowest BCUT2D eigenvalue weighted by molar-refractivity contribution is 0.962. The molecular formula is C27H26N2. The zero-order valence-corrected chi connectivity index (χ0v) is 16.5. The number of rotatable bonds is 6. The molecule has 0 heterocycles. The Labute approximate surface area is 172 Å². The molecule has 0 unspecified atom stereocenters. The van der Waals surface area contributed by atoms with Crippen LogP contribution < -0.4 is 11.5 Å². The fourth-order valence-electron chi connectivity index (χ4n) is 3.90. The SMILES string of the molecule is Nc1cc(Cc2ccccc2)cc(-c2c(N)cccc2CCc2ccccc2)c1. The van der Waals surface area contributed by atoms with Crippen LogP contribution in [-0.2, 0) is 19.3 Å². The summed E-state index contributed by atoms with van der Waals surface area (Å²) < 4.78 is 0. The van der Waals surface area contributed by atoms with Crippen molar-refractivity contribution in [2.45, 2.75) is 19.3 Å². The molecule has 2 nitrogen and oxygen atoms in total. The molecule has 29 heavy (non-hydrogen) atoms. The number of hydrogen-bond donors (Lipinski definition) is 2. The monoisotopic (exact) mass is 378 g/mol. The fourth-order valence-corrected chi connectivity index (χ4v) is 3.90. The minimum Gasteiger partial charge on any atom is -0.399 e. The highest BCUT2D eigenvalue weighted by atomic mass is 14.6. The highest BCUT2D eigenvalue weighted by molar-refractivity contribution is 5.81. The average molecular weight is 379 g/mol. The summed E-state index contributed by atoms with van der Waals surface area (Å²) in [6.45, 7) is 0. The Morgan fingerprint density at radius 1 is 0.552 bits per heavy atom. The molecule has 0 aliphatic heterocycles. The zero-order valence-electron chi connectivity index (χ0n) is 16.5. The second-order valence-corrected chi connectivity index (χ2v) is 7.49. The standard InChI is InChI=1S/C27H26N2/c28-25-18-22(16-21-10-5-2-6-11-21)17-24(19-25)27-23(12-7-13-26(27)29)15-14-20-8-3-1-4-9-20/h1-13,17-19H,14-16,28-29H2. The van der Waals surface area contributed by atoms with Gasteiger partial charge in [0.15, 0.2) is 0 Å². The summed E-state index contributed by atoms with van der Waals surface area (Å²) in [6, 6.07) is 33.5. The van der Waals surface area contributed by atoms with Gasteiger partial charge in [-0.2, -0.15) is 0 Å². The van der Waals surface area contributed by atoms with E-state index in [1.54, 1.807) is 0 Å². The van der Waals surface area contributed by atoms with Crippen molar-refractivity contribution in [1.82, 2.24) is 0 Å². The molecule has 0 bridgehead atoms. The van der Waals surface area contributed by atoms with Gasteiger partial charge < -0.3 is 11.5 Å². The van der Waals surface area contributed by atoms with E-state index in [9.17, 15) is 0 Å². The van der Waals surface area contributed by atoms with Gasteiger partial charge in [0.2, 0.25) is 0 Å². The van der Waals surface area contributed by atoms with Crippen LogP contribution in [0.4, 0.5) is 11.4 Å². The van der Waals surface area contributed by atoms with Crippen LogP contribution in [0.3, 0.4) is 0 Å². The fraction of sp³-hybridized carbons (Fsp3) is 0.111. The van der Waals surface area contributed by atoms with E-state index in [2.05, 4.69) is 72.8 Å². The van der Waals surface area contributed by atoms with E-state index in [1.807, 2.05) is 24.3 Å². The van der Waals surface area contributed by atoms with Gasteiger partial charge in [-0.15, -0.1) is 0 Å². The second-order valence-electron chi connectivity index (χ2n) is 7.49. The van der Waals surface area contributed by atoms with E-state index in [0.29, 0.717) is 0 Å². The summed E-state index contributed by atoms with van der Waals surface area (Å²) in [7, 11) is 0. The molecule has 4 aromatic rings. The first-order valence-electron chi connectivity index (χ1n) is 10.0. The number of anilines is 2. The summed E-state index contributed by atoms with van der Waals surface area (Å²) in [5.74, 6) is 0. The molecule has 4 N–H and O–H groups in total. The Morgan fingerprint density at radius 3 is 1.97 bits per heavy atom. The highest BCUT2D eigenvalue weighted by Gasteiger charge is 2.11. The molecule has 0 saturated carbocycles. The minimum absolute atomic E-state index is 0.769. The molecular weight excluding hydrogens is 352 g/mol. The third-order valence-electron chi connectivity index (χ3n) is 5.26. The van der Waals surface area contributed by atoms with Crippen molar-refractivity contribution in [1.29, 1.82) is 0 Å². The molecule has 0 saturated heterocycles. The number of aryl methyl sites for hydroxylation is 2. The number of benzene rings is 4. The van der Waals surface area contributed by atoms with Crippen molar-refractivity contribution in [3.8, 4) is 11.1 Å². The Kier molecular flexibility index (Phi) is 5.62. The van der Waals surface area contributed by atoms with Crippen molar-refractivity contribution in [3.63, 3.8) is 0 Å². The van der Waals surface area contributed by atoms with E-state index >= 15 is 0 Å². The van der Waals surface area contributed by atoms with Gasteiger partial charge in [-0.3, -0.25) is 0 Å². The molecule has 144 valence electrons. The van der Waals surface area contributed by atoms with E-state index in [4.69, 9.17) is 11.5 Å². The maximum atomic E-state index is 6.43. The van der Waals surface area contributed by atoms with Gasteiger partial charge in [0, 0.05) is 16.9 Å². The van der Waals surface area contributed by atoms with Crippen LogP contribution in [0.15, 0.2) is 97.1 Å². The largest absolute Gasteiger partial charge is 0.399 e. The van der Waals surface area contributed by atoms with Gasteiger partial charge in [-0.05, 0) is 65.3 Å². The van der Waals surface area contributed by atoms with Crippen LogP contribution in [-0.4, -0.2) is 0 Å². The van der Waals surface area contributed by atoms with Gasteiger partial charge in [0.25, 0.3) is 0 Å². The van der Waals surface area contributed by atoms with Crippen molar-refractivity contribution in [3.05, 3.63) is 119 Å². The second kappa shape index (κ2) is 8.66. The highest BCUT2D eigenvalue weighted by Crippen LogP contribution is 2.33. The van der Waals surface area contributed by atoms with Gasteiger partial charge in [0.1, 0.15) is 0 Å². The van der Waals surface area contributed by atoms with E-state index in [0.717, 1.165) is 41.8 Å². The maximum Gasteiger partial charge on any atom is 0.0396 e. The summed E-state index contributed by atoms with van der Waals surface area (Å²) in [4.78, 5) is 0. The number of nitrogen functional groups attached to an aromatic ring is 2. The molecule has 0 radical (unpaired) electrons. The molecule has 0 spiro atoms. The summed E-state index contributed by atoms with van der Waals surface area (Å²) in [5.41, 5.74) is 21.5. The van der Waals surface area contributed by atoms with Gasteiger partial charge in [0.05, 0.1) is 0 Å². The van der Waals surface area contributed by atoms with E-state index in [1.165, 1.54) is 22.3 Å². The van der Waals surface area contributed by atoms with Crippen LogP contribution >= 0.6 is 0 Å². The van der Waals surface area contributed by atoms with Crippen LogP contribution in [0, 0.1) is 0 Å². The van der Waals surface area contributed by atoms with Gasteiger partial charge >= 0.3 is 0 Å². The first-order valence-corrected chi connectivity index (χ1v) is 10.0. The first-order chi connectivity index (χ1) is 14.2. The predicted molar refractivity (Wildman–Crippen MR) is 124 cm³/mol. The van der Waals surface area contributed by atoms with E-state index in [-0.39, 0.29) is 0 Å². The molecule has 0 aliphatic rings. The van der Waals surface area contributed by atoms with Crippen molar-refractivity contribution < 1.29 is 0 Å². The lowest BCUT2D eigenvalue weighted by Crippen LogP contribution is -2.00. The van der Waals surface area contributed by atoms with Crippen molar-refractivity contribution in [2.75, 3.05) is 11.5 Å². The third-order valence-corrected chi connectivity index (χ3v) is 5.26. The number of nitrogens with two attached hydrogens (primary N) is 2. The zero-order chi connectivity index (χ0) is 20.1. The lowest BCUT2D eigenvalue weighted by Gasteiger charge is -2.15. The van der Waals surface area contributed by atoms with Crippen LogP contribution in [0.2, 0.25) is 0 Å². The Hall–Kier alpha value is -3.52. The first kappa shape index (κ1) is 18.8. The lowest BCUT2D eigenvalue weighted by atomic mass is 9.91. The smallest absolute Gasteiger partial charge is 0.0396 e. The van der Waals surface area contributed by atoms with Crippen LogP contribution in [0.5, 0.6) is 0 Å². The maximum absolute atomic E-state index is 6.43. The molecule has 2 heteroatoms. The topological polar surface area (TPSA) is 52.0 Å². The molecule has 0 aromatic heterocycles. The van der Waals surface area contributed by atoms with Gasteiger partial charge in [-0.1, -0.05) is 78.9 Å². The summed E-state index contributed by atoms with van der Waals surface area (Å²) in [5, 5.41) is 0. The molecule has 0 atom stereocenters. The molecule has 0 fully saturated rings. The van der Waals surface area contributed by atoms with Crippen molar-refractivity contribution >= 4 is 11.4 Å². The third kappa shape index (κ3) is 4.67. The van der Waals surface area contributed by atoms with Crippen LogP contribution in [0.25, 0.3) is 11.1 Å². The van der Waals surface area contributed by atoms with Crippen LogP contribution in [0.1, 0.15) is 22.3 Å². The van der Waals surface area contributed by atoms with E-state index < -0.39 is 0 Å². The summed E-state index contributed by atoms with van der Waals surface area (Å²) in [6.07, 6.45) is 2.77. The minimum atomic E-state index is 0.769. The Bertz CT molecular complexity index is 1090. The average Bonchev–Trinajstić information content (AvgIpc) is 2.73. The van der Waals surface area contributed by atoms with Gasteiger partial charge in [-0.25, -0.2) is 0 Å². The molecule has 0 amide bonds. The summed E-state index contributed by atoms with van der Waals surface area (Å²) >= 11 is 0. The Morgan fingerprint density at radius 2 is 1.24 bits per heavy atom. The normalized spacial score (nSPS) is 10.8. The molecule has 4 rings (SSSR count).